The molecule has 0 saturated carbocycles. The standard InChI is InChI=1S/C23H25N3O2S/c1-28-20-11-5-17(6-12-20)15-22-25-21(16-29-22)23(27)24-18-7-9-19(10-8-18)26-13-3-2-4-14-26/h5-12,16H,2-4,13-15H2,1H3,(H,24,27). The van der Waals surface area contributed by atoms with Gasteiger partial charge in [0.1, 0.15) is 11.4 Å². The van der Waals surface area contributed by atoms with E-state index >= 15 is 0 Å². The molecule has 0 radical (unpaired) electrons. The number of hydrogen-bond acceptors (Lipinski definition) is 5. The minimum absolute atomic E-state index is 0.173. The topological polar surface area (TPSA) is 54.5 Å². The number of amides is 1. The van der Waals surface area contributed by atoms with Crippen LogP contribution in [0.5, 0.6) is 5.75 Å². The number of piperidine rings is 1. The molecule has 0 atom stereocenters. The molecule has 1 amide bonds. The maximum absolute atomic E-state index is 12.6. The van der Waals surface area contributed by atoms with Crippen LogP contribution in [0.15, 0.2) is 53.9 Å². The summed E-state index contributed by atoms with van der Waals surface area (Å²) < 4.78 is 5.18. The summed E-state index contributed by atoms with van der Waals surface area (Å²) in [6.45, 7) is 2.23. The molecule has 0 unspecified atom stereocenters. The Morgan fingerprint density at radius 1 is 1.07 bits per heavy atom. The molecule has 1 aliphatic heterocycles. The zero-order valence-corrected chi connectivity index (χ0v) is 17.4. The van der Waals surface area contributed by atoms with Crippen molar-refractivity contribution in [2.45, 2.75) is 25.7 Å². The number of rotatable bonds is 6. The number of ether oxygens (including phenoxy) is 1. The second-order valence-corrected chi connectivity index (χ2v) is 8.14. The fourth-order valence-corrected chi connectivity index (χ4v) is 4.33. The van der Waals surface area contributed by atoms with E-state index in [2.05, 4.69) is 27.3 Å². The molecule has 29 heavy (non-hydrogen) atoms. The first kappa shape index (κ1) is 19.5. The maximum atomic E-state index is 12.6. The second-order valence-electron chi connectivity index (χ2n) is 7.20. The highest BCUT2D eigenvalue weighted by Crippen LogP contribution is 2.23. The largest absolute Gasteiger partial charge is 0.497 e. The predicted molar refractivity (Wildman–Crippen MR) is 118 cm³/mol. The van der Waals surface area contributed by atoms with Crippen LogP contribution >= 0.6 is 11.3 Å². The number of anilines is 2. The maximum Gasteiger partial charge on any atom is 0.275 e. The van der Waals surface area contributed by atoms with Gasteiger partial charge in [-0.3, -0.25) is 4.79 Å². The van der Waals surface area contributed by atoms with Crippen LogP contribution in [-0.2, 0) is 6.42 Å². The van der Waals surface area contributed by atoms with Crippen LogP contribution in [0.25, 0.3) is 0 Å². The van der Waals surface area contributed by atoms with Gasteiger partial charge in [-0.05, 0) is 61.2 Å². The summed E-state index contributed by atoms with van der Waals surface area (Å²) in [5, 5.41) is 5.68. The number of aromatic nitrogens is 1. The third-order valence-electron chi connectivity index (χ3n) is 5.15. The minimum Gasteiger partial charge on any atom is -0.497 e. The van der Waals surface area contributed by atoms with Gasteiger partial charge in [-0.1, -0.05) is 12.1 Å². The molecule has 1 N–H and O–H groups in total. The van der Waals surface area contributed by atoms with Gasteiger partial charge in [0.15, 0.2) is 0 Å². The molecule has 1 saturated heterocycles. The van der Waals surface area contributed by atoms with E-state index in [0.29, 0.717) is 12.1 Å². The molecule has 0 bridgehead atoms. The molecule has 6 heteroatoms. The number of thiazole rings is 1. The molecule has 1 fully saturated rings. The van der Waals surface area contributed by atoms with Gasteiger partial charge in [0.2, 0.25) is 0 Å². The Morgan fingerprint density at radius 2 is 1.79 bits per heavy atom. The quantitative estimate of drug-likeness (QED) is 0.626. The molecule has 3 aromatic rings. The summed E-state index contributed by atoms with van der Waals surface area (Å²) in [6, 6.07) is 16.0. The van der Waals surface area contributed by atoms with E-state index in [1.807, 2.05) is 41.8 Å². The fourth-order valence-electron chi connectivity index (χ4n) is 3.52. The predicted octanol–water partition coefficient (Wildman–Crippen LogP) is 4.99. The van der Waals surface area contributed by atoms with Crippen molar-refractivity contribution in [2.75, 3.05) is 30.4 Å². The number of nitrogens with zero attached hydrogens (tertiary/aromatic N) is 2. The van der Waals surface area contributed by atoms with Crippen molar-refractivity contribution in [1.29, 1.82) is 0 Å². The molecule has 1 aliphatic rings. The highest BCUT2D eigenvalue weighted by atomic mass is 32.1. The van der Waals surface area contributed by atoms with Crippen LogP contribution in [0, 0.1) is 0 Å². The molecule has 4 rings (SSSR count). The molecule has 0 aliphatic carbocycles. The van der Waals surface area contributed by atoms with Crippen molar-refractivity contribution >= 4 is 28.6 Å². The van der Waals surface area contributed by atoms with E-state index in [-0.39, 0.29) is 5.91 Å². The lowest BCUT2D eigenvalue weighted by molar-refractivity contribution is 0.102. The van der Waals surface area contributed by atoms with Crippen LogP contribution in [0.1, 0.15) is 40.3 Å². The van der Waals surface area contributed by atoms with Gasteiger partial charge in [0, 0.05) is 36.3 Å². The third kappa shape index (κ3) is 4.95. The summed E-state index contributed by atoms with van der Waals surface area (Å²) in [7, 11) is 1.65. The molecule has 0 spiro atoms. The van der Waals surface area contributed by atoms with Crippen LogP contribution < -0.4 is 15.0 Å². The van der Waals surface area contributed by atoms with E-state index in [1.54, 1.807) is 7.11 Å². The van der Waals surface area contributed by atoms with Crippen LogP contribution in [0.3, 0.4) is 0 Å². The van der Waals surface area contributed by atoms with Gasteiger partial charge in [0.05, 0.1) is 12.1 Å². The lowest BCUT2D eigenvalue weighted by Gasteiger charge is -2.28. The zero-order valence-electron chi connectivity index (χ0n) is 16.6. The Labute approximate surface area is 175 Å². The van der Waals surface area contributed by atoms with E-state index in [1.165, 1.54) is 36.3 Å². The minimum atomic E-state index is -0.173. The van der Waals surface area contributed by atoms with Crippen molar-refractivity contribution in [3.63, 3.8) is 0 Å². The molecular weight excluding hydrogens is 382 g/mol. The third-order valence-corrected chi connectivity index (χ3v) is 5.99. The van der Waals surface area contributed by atoms with Gasteiger partial charge in [-0.25, -0.2) is 4.98 Å². The Balaban J connectivity index is 1.36. The Kier molecular flexibility index (Phi) is 6.10. The summed E-state index contributed by atoms with van der Waals surface area (Å²) >= 11 is 1.50. The van der Waals surface area contributed by atoms with Gasteiger partial charge >= 0.3 is 0 Å². The molecule has 1 aromatic heterocycles. The van der Waals surface area contributed by atoms with E-state index in [0.717, 1.165) is 35.1 Å². The fraction of sp³-hybridized carbons (Fsp3) is 0.304. The summed E-state index contributed by atoms with van der Waals surface area (Å²) in [4.78, 5) is 19.5. The summed E-state index contributed by atoms with van der Waals surface area (Å²) in [5.74, 6) is 0.659. The first-order valence-electron chi connectivity index (χ1n) is 9.95. The number of methoxy groups -OCH3 is 1. The SMILES string of the molecule is COc1ccc(Cc2nc(C(=O)Nc3ccc(N4CCCCC4)cc3)cs2)cc1. The zero-order chi connectivity index (χ0) is 20.1. The molecule has 150 valence electrons. The lowest BCUT2D eigenvalue weighted by atomic mass is 10.1. The monoisotopic (exact) mass is 407 g/mol. The van der Waals surface area contributed by atoms with Gasteiger partial charge < -0.3 is 15.0 Å². The highest BCUT2D eigenvalue weighted by Gasteiger charge is 2.13. The van der Waals surface area contributed by atoms with Crippen molar-refractivity contribution in [2.24, 2.45) is 0 Å². The van der Waals surface area contributed by atoms with E-state index < -0.39 is 0 Å². The van der Waals surface area contributed by atoms with Crippen molar-refractivity contribution in [3.8, 4) is 5.75 Å². The highest BCUT2D eigenvalue weighted by molar-refractivity contribution is 7.09. The molecule has 5 nitrogen and oxygen atoms in total. The smallest absolute Gasteiger partial charge is 0.275 e. The normalized spacial score (nSPS) is 13.9. The van der Waals surface area contributed by atoms with Crippen LogP contribution in [0.4, 0.5) is 11.4 Å². The number of carbonyl (C=O) groups is 1. The molecule has 2 aromatic carbocycles. The summed E-state index contributed by atoms with van der Waals surface area (Å²) in [5.41, 5.74) is 3.61. The summed E-state index contributed by atoms with van der Waals surface area (Å²) in [6.07, 6.45) is 4.52. The molecular formula is C23H25N3O2S. The average Bonchev–Trinajstić information content (AvgIpc) is 3.24. The van der Waals surface area contributed by atoms with Gasteiger partial charge in [-0.15, -0.1) is 11.3 Å². The first-order chi connectivity index (χ1) is 14.2. The number of nitrogens with one attached hydrogen (secondary N) is 1. The average molecular weight is 408 g/mol. The Morgan fingerprint density at radius 3 is 2.48 bits per heavy atom. The number of carbonyl (C=O) groups excluding carboxylic acids is 1. The van der Waals surface area contributed by atoms with Gasteiger partial charge in [-0.2, -0.15) is 0 Å². The molecule has 2 heterocycles. The van der Waals surface area contributed by atoms with Crippen molar-refractivity contribution < 1.29 is 9.53 Å². The lowest BCUT2D eigenvalue weighted by Crippen LogP contribution is -2.29. The van der Waals surface area contributed by atoms with Gasteiger partial charge in [0.25, 0.3) is 5.91 Å². The van der Waals surface area contributed by atoms with E-state index in [9.17, 15) is 4.79 Å². The Hall–Kier alpha value is -2.86. The number of hydrogen-bond donors (Lipinski definition) is 1. The van der Waals surface area contributed by atoms with Crippen molar-refractivity contribution in [1.82, 2.24) is 4.98 Å². The van der Waals surface area contributed by atoms with Crippen LogP contribution in [0.2, 0.25) is 0 Å². The van der Waals surface area contributed by atoms with E-state index in [4.69, 9.17) is 4.74 Å². The number of benzene rings is 2. The Bertz CT molecular complexity index is 945. The first-order valence-corrected chi connectivity index (χ1v) is 10.8. The van der Waals surface area contributed by atoms with Crippen LogP contribution in [-0.4, -0.2) is 31.1 Å². The van der Waals surface area contributed by atoms with Crippen molar-refractivity contribution in [3.05, 3.63) is 70.2 Å². The second kappa shape index (κ2) is 9.09.